The Morgan fingerprint density at radius 3 is 2.41 bits per heavy atom. The first-order chi connectivity index (χ1) is 7.88. The van der Waals surface area contributed by atoms with Crippen molar-refractivity contribution in [1.29, 1.82) is 0 Å². The lowest BCUT2D eigenvalue weighted by molar-refractivity contribution is 0.0335. The van der Waals surface area contributed by atoms with Gasteiger partial charge in [0.1, 0.15) is 5.60 Å². The van der Waals surface area contributed by atoms with Crippen LogP contribution in [0.15, 0.2) is 36.5 Å². The number of carbonyl (C=O) groups is 1. The number of amides is 1. The average molecular weight is 234 g/mol. The fourth-order valence-corrected chi connectivity index (χ4v) is 1.11. The molecule has 0 aliphatic carbocycles. The summed E-state index contributed by atoms with van der Waals surface area (Å²) in [5.74, 6) is 5.54. The van der Waals surface area contributed by atoms with Gasteiger partial charge in [-0.25, -0.2) is 15.6 Å². The number of rotatable bonds is 2. The van der Waals surface area contributed by atoms with Crippen molar-refractivity contribution in [2.75, 3.05) is 0 Å². The maximum Gasteiger partial charge on any atom is 0.428 e. The minimum atomic E-state index is -0.579. The third-order valence-electron chi connectivity index (χ3n) is 1.83. The Bertz CT molecular complexity index is 394. The van der Waals surface area contributed by atoms with E-state index in [0.717, 1.165) is 10.6 Å². The number of hydrogen-bond acceptors (Lipinski definition) is 3. The molecule has 0 fully saturated rings. The van der Waals surface area contributed by atoms with Crippen molar-refractivity contribution >= 4 is 12.2 Å². The monoisotopic (exact) mass is 234 g/mol. The molecule has 0 aliphatic heterocycles. The number of ether oxygens (including phenoxy) is 1. The molecule has 0 bridgehead atoms. The third-order valence-corrected chi connectivity index (χ3v) is 1.83. The highest BCUT2D eigenvalue weighted by atomic mass is 16.6. The first kappa shape index (κ1) is 13.3. The van der Waals surface area contributed by atoms with Crippen molar-refractivity contribution in [3.63, 3.8) is 0 Å². The molecule has 1 aromatic carbocycles. The van der Waals surface area contributed by atoms with E-state index in [0.29, 0.717) is 0 Å². The van der Waals surface area contributed by atoms with Crippen molar-refractivity contribution in [1.82, 2.24) is 5.01 Å². The maximum absolute atomic E-state index is 11.5. The summed E-state index contributed by atoms with van der Waals surface area (Å²) in [6.45, 7) is 5.37. The minimum absolute atomic E-state index is 0.546. The SMILES string of the molecule is CC(C)(C)OC(=O)N(N)/C=C/c1ccccc1. The molecule has 2 N–H and O–H groups in total. The van der Waals surface area contributed by atoms with Crippen LogP contribution < -0.4 is 5.84 Å². The second-order valence-corrected chi connectivity index (χ2v) is 4.61. The van der Waals surface area contributed by atoms with E-state index in [4.69, 9.17) is 10.6 Å². The van der Waals surface area contributed by atoms with Crippen molar-refractivity contribution in [3.8, 4) is 0 Å². The molecule has 0 spiro atoms. The van der Waals surface area contributed by atoms with Gasteiger partial charge >= 0.3 is 6.09 Å². The zero-order valence-electron chi connectivity index (χ0n) is 10.4. The molecular formula is C13H18N2O2. The van der Waals surface area contributed by atoms with Crippen LogP contribution >= 0.6 is 0 Å². The second kappa shape index (κ2) is 5.50. The number of nitrogens with two attached hydrogens (primary N) is 1. The maximum atomic E-state index is 11.5. The number of hydrazine groups is 1. The van der Waals surface area contributed by atoms with Gasteiger partial charge in [-0.15, -0.1) is 0 Å². The number of benzene rings is 1. The smallest absolute Gasteiger partial charge is 0.428 e. The summed E-state index contributed by atoms with van der Waals surface area (Å²) in [5.41, 5.74) is 0.418. The number of carbonyl (C=O) groups excluding carboxylic acids is 1. The number of hydrogen-bond donors (Lipinski definition) is 1. The summed E-state index contributed by atoms with van der Waals surface area (Å²) < 4.78 is 5.10. The van der Waals surface area contributed by atoms with Crippen LogP contribution in [0.3, 0.4) is 0 Å². The predicted octanol–water partition coefficient (Wildman–Crippen LogP) is 2.77. The Labute approximate surface area is 102 Å². The highest BCUT2D eigenvalue weighted by Gasteiger charge is 2.18. The molecule has 0 aliphatic rings. The highest BCUT2D eigenvalue weighted by molar-refractivity contribution is 5.69. The van der Waals surface area contributed by atoms with Crippen LogP contribution in [0.4, 0.5) is 4.79 Å². The van der Waals surface area contributed by atoms with Gasteiger partial charge in [0, 0.05) is 6.20 Å². The number of nitrogens with zero attached hydrogens (tertiary/aromatic N) is 1. The summed E-state index contributed by atoms with van der Waals surface area (Å²) in [6, 6.07) is 9.58. The van der Waals surface area contributed by atoms with Crippen LogP contribution in [0.1, 0.15) is 26.3 Å². The van der Waals surface area contributed by atoms with E-state index in [1.165, 1.54) is 6.20 Å². The molecule has 17 heavy (non-hydrogen) atoms. The zero-order valence-corrected chi connectivity index (χ0v) is 10.4. The molecule has 4 nitrogen and oxygen atoms in total. The van der Waals surface area contributed by atoms with Crippen LogP contribution in [0.5, 0.6) is 0 Å². The van der Waals surface area contributed by atoms with E-state index in [1.807, 2.05) is 30.3 Å². The lowest BCUT2D eigenvalue weighted by Gasteiger charge is -2.22. The zero-order chi connectivity index (χ0) is 12.9. The molecule has 0 heterocycles. The van der Waals surface area contributed by atoms with Crippen LogP contribution in [0.25, 0.3) is 6.08 Å². The van der Waals surface area contributed by atoms with Crippen LogP contribution in [-0.2, 0) is 4.74 Å². The molecule has 4 heteroatoms. The van der Waals surface area contributed by atoms with Gasteiger partial charge in [0.05, 0.1) is 0 Å². The van der Waals surface area contributed by atoms with Crippen LogP contribution in [-0.4, -0.2) is 16.7 Å². The highest BCUT2D eigenvalue weighted by Crippen LogP contribution is 2.09. The van der Waals surface area contributed by atoms with Crippen molar-refractivity contribution in [2.45, 2.75) is 26.4 Å². The van der Waals surface area contributed by atoms with Gasteiger partial charge in [-0.3, -0.25) is 0 Å². The molecule has 0 radical (unpaired) electrons. The fourth-order valence-electron chi connectivity index (χ4n) is 1.11. The van der Waals surface area contributed by atoms with E-state index in [9.17, 15) is 4.79 Å². The molecule has 0 aromatic heterocycles. The summed E-state index contributed by atoms with van der Waals surface area (Å²) in [5, 5.41) is 0.929. The fraction of sp³-hybridized carbons (Fsp3) is 0.308. The molecular weight excluding hydrogens is 216 g/mol. The molecule has 0 saturated carbocycles. The Morgan fingerprint density at radius 2 is 1.88 bits per heavy atom. The van der Waals surface area contributed by atoms with E-state index in [1.54, 1.807) is 26.8 Å². The molecule has 1 rings (SSSR count). The standard InChI is InChI=1S/C13H18N2O2/c1-13(2,3)17-12(16)15(14)10-9-11-7-5-4-6-8-11/h4-10H,14H2,1-3H3/b10-9+. The summed E-state index contributed by atoms with van der Waals surface area (Å²) >= 11 is 0. The topological polar surface area (TPSA) is 55.6 Å². The van der Waals surface area contributed by atoms with E-state index in [2.05, 4.69) is 0 Å². The normalized spacial score (nSPS) is 11.5. The molecule has 0 unspecified atom stereocenters. The van der Waals surface area contributed by atoms with Crippen molar-refractivity contribution < 1.29 is 9.53 Å². The quantitative estimate of drug-likeness (QED) is 0.486. The predicted molar refractivity (Wildman–Crippen MR) is 67.7 cm³/mol. The van der Waals surface area contributed by atoms with Crippen LogP contribution in [0.2, 0.25) is 0 Å². The summed E-state index contributed by atoms with van der Waals surface area (Å²) in [7, 11) is 0. The first-order valence-corrected chi connectivity index (χ1v) is 5.39. The summed E-state index contributed by atoms with van der Waals surface area (Å²) in [4.78, 5) is 11.5. The van der Waals surface area contributed by atoms with Gasteiger partial charge in [0.25, 0.3) is 0 Å². The average Bonchev–Trinajstić information content (AvgIpc) is 2.25. The molecule has 92 valence electrons. The minimum Gasteiger partial charge on any atom is -0.443 e. The van der Waals surface area contributed by atoms with E-state index < -0.39 is 11.7 Å². The van der Waals surface area contributed by atoms with Gasteiger partial charge in [-0.1, -0.05) is 30.3 Å². The van der Waals surface area contributed by atoms with Gasteiger partial charge in [0.2, 0.25) is 0 Å². The lowest BCUT2D eigenvalue weighted by atomic mass is 10.2. The Balaban J connectivity index is 2.58. The van der Waals surface area contributed by atoms with E-state index in [-0.39, 0.29) is 0 Å². The Kier molecular flexibility index (Phi) is 4.29. The van der Waals surface area contributed by atoms with Crippen molar-refractivity contribution in [3.05, 3.63) is 42.1 Å². The molecule has 0 saturated heterocycles. The van der Waals surface area contributed by atoms with Gasteiger partial charge in [-0.05, 0) is 32.4 Å². The van der Waals surface area contributed by atoms with Crippen LogP contribution in [0, 0.1) is 0 Å². The largest absolute Gasteiger partial charge is 0.443 e. The van der Waals surface area contributed by atoms with E-state index >= 15 is 0 Å². The van der Waals surface area contributed by atoms with Crippen molar-refractivity contribution in [2.24, 2.45) is 5.84 Å². The van der Waals surface area contributed by atoms with Gasteiger partial charge in [0.15, 0.2) is 0 Å². The lowest BCUT2D eigenvalue weighted by Crippen LogP contribution is -2.37. The Hall–Kier alpha value is -1.81. The molecule has 1 amide bonds. The summed E-state index contributed by atoms with van der Waals surface area (Å²) in [6.07, 6.45) is 2.64. The van der Waals surface area contributed by atoms with Gasteiger partial charge < -0.3 is 4.74 Å². The third kappa shape index (κ3) is 5.17. The molecule has 1 aromatic rings. The first-order valence-electron chi connectivity index (χ1n) is 5.39. The Morgan fingerprint density at radius 1 is 1.29 bits per heavy atom. The van der Waals surface area contributed by atoms with Gasteiger partial charge in [-0.2, -0.15) is 0 Å². The molecule has 0 atom stereocenters. The second-order valence-electron chi connectivity index (χ2n) is 4.61.